The number of rotatable bonds is 29. The van der Waals surface area contributed by atoms with Crippen LogP contribution in [0.3, 0.4) is 0 Å². The highest BCUT2D eigenvalue weighted by Gasteiger charge is 2.95. The van der Waals surface area contributed by atoms with E-state index < -0.39 is 115 Å². The quantitative estimate of drug-likeness (QED) is 0.00780. The van der Waals surface area contributed by atoms with Crippen molar-refractivity contribution in [1.82, 2.24) is 5.32 Å². The third-order valence-electron chi connectivity index (χ3n) is 10.7. The molecule has 1 amide bonds. The van der Waals surface area contributed by atoms with Crippen LogP contribution < -0.4 is 10.1 Å². The zero-order valence-corrected chi connectivity index (χ0v) is 39.8. The van der Waals surface area contributed by atoms with Crippen molar-refractivity contribution in [1.29, 1.82) is 0 Å². The van der Waals surface area contributed by atoms with E-state index in [0.717, 1.165) is 6.08 Å². The van der Waals surface area contributed by atoms with E-state index in [-0.39, 0.29) is 25.4 Å². The molecule has 9 nitrogen and oxygen atoms in total. The van der Waals surface area contributed by atoms with Crippen LogP contribution >= 0.6 is 0 Å². The van der Waals surface area contributed by atoms with Crippen LogP contribution in [0.1, 0.15) is 66.9 Å². The summed E-state index contributed by atoms with van der Waals surface area (Å²) in [5.74, 6) is -60.4. The number of alkyl halides is 17. The number of ether oxygens (including phenoxy) is 4. The number of methoxy groups -OCH3 is 1. The fourth-order valence-corrected chi connectivity index (χ4v) is 10.9. The minimum Gasteiger partial charge on any atom is -0.507 e. The Kier molecular flexibility index (Phi) is 22.6. The molecule has 27 heteroatoms. The molecule has 1 rings (SSSR count). The average molecular weight is 1060 g/mol. The number of aliphatic hydroxyl groups excluding tert-OH is 1. The number of benzene rings is 1. The molecule has 0 aromatic heterocycles. The number of carbonyl (C=O) groups excluding carboxylic acids is 2. The third-order valence-corrected chi connectivity index (χ3v) is 16.4. The van der Waals surface area contributed by atoms with Gasteiger partial charge in [-0.2, -0.15) is 74.6 Å². The summed E-state index contributed by atoms with van der Waals surface area (Å²) in [5.41, 5.74) is -1.78. The van der Waals surface area contributed by atoms with E-state index >= 15 is 8.78 Å². The molecule has 1 atom stereocenters. The molecule has 0 aliphatic heterocycles. The van der Waals surface area contributed by atoms with Crippen molar-refractivity contribution in [2.24, 2.45) is 5.92 Å². The number of carbonyl (C=O) groups is 2. The maximum Gasteiger partial charge on any atom is 0.460 e. The van der Waals surface area contributed by atoms with Gasteiger partial charge in [0.25, 0.3) is 5.91 Å². The Morgan fingerprint density at radius 3 is 1.73 bits per heavy atom. The summed E-state index contributed by atoms with van der Waals surface area (Å²) in [5, 5.41) is 13.1. The van der Waals surface area contributed by atoms with E-state index in [9.17, 15) is 80.6 Å². The highest BCUT2D eigenvalue weighted by atomic mass is 28.4. The molecule has 0 aliphatic rings. The van der Waals surface area contributed by atoms with E-state index in [2.05, 4.69) is 5.32 Å². The molecule has 0 unspecified atom stereocenters. The molecular formula is C43H54F17NO8Si. The summed E-state index contributed by atoms with van der Waals surface area (Å²) < 4.78 is 263. The molecule has 0 aliphatic carbocycles. The van der Waals surface area contributed by atoms with Gasteiger partial charge in [-0.25, -0.2) is 4.79 Å². The van der Waals surface area contributed by atoms with Crippen molar-refractivity contribution in [3.05, 3.63) is 71.2 Å². The van der Waals surface area contributed by atoms with Crippen LogP contribution in [0, 0.1) is 5.92 Å². The van der Waals surface area contributed by atoms with Crippen LogP contribution in [0.4, 0.5) is 74.6 Å². The van der Waals surface area contributed by atoms with Gasteiger partial charge in [0.2, 0.25) is 0 Å². The Labute approximate surface area is 393 Å². The van der Waals surface area contributed by atoms with Crippen LogP contribution in [-0.4, -0.2) is 113 Å². The molecule has 0 saturated heterocycles. The van der Waals surface area contributed by atoms with E-state index in [1.54, 1.807) is 31.2 Å². The molecule has 0 fully saturated rings. The number of esters is 1. The molecule has 402 valence electrons. The SMILES string of the molecule is CCOC(=O)\C(C(=O)N/C=C/c1ccc(OCOCCOC)cc1)=C(O)/C=C/C(C)=C/[C@@H](CC)CO[Si](CCC(F)(F)C(F)(F)C(F)(F)C(F)(F)C(F)(F)C(F)(F)C(F)(F)C(F)(F)F)(C(C)C)C(C)C. The molecule has 2 N–H and O–H groups in total. The normalized spacial score (nSPS) is 15.3. The predicted molar refractivity (Wildman–Crippen MR) is 222 cm³/mol. The maximum atomic E-state index is 15.1. The van der Waals surface area contributed by atoms with Gasteiger partial charge in [0, 0.05) is 26.3 Å². The first-order valence-corrected chi connectivity index (χ1v) is 23.2. The van der Waals surface area contributed by atoms with Crippen molar-refractivity contribution < 1.29 is 113 Å². The highest BCUT2D eigenvalue weighted by molar-refractivity contribution is 6.76. The minimum absolute atomic E-state index is 0.0361. The largest absolute Gasteiger partial charge is 0.507 e. The van der Waals surface area contributed by atoms with E-state index in [1.807, 2.05) is 0 Å². The number of hydrogen-bond donors (Lipinski definition) is 2. The van der Waals surface area contributed by atoms with Gasteiger partial charge in [-0.3, -0.25) is 4.79 Å². The molecule has 1 aromatic carbocycles. The lowest BCUT2D eigenvalue weighted by Gasteiger charge is -2.44. The lowest BCUT2D eigenvalue weighted by molar-refractivity contribution is -0.461. The number of amides is 1. The standard InChI is InChI=1S/C43H54F17NO8Si/c1-9-29(23-28(7)11-16-32(62)33(35(64)67-10-2)34(63)61-19-17-30-12-14-31(15-13-30)68-25-66-21-20-65-8)24-69-70(26(3)4,27(5)6)22-18-36(44,45)37(46,47)38(48,49)39(50,51)40(52,53)41(54,55)42(56,57)43(58,59)60/h11-17,19,23,26-27,29,62H,9-10,18,20-22,24-25H2,1-8H3,(H,61,63)/b16-11+,19-17+,28-23+,33-32+/t29-/m1/s1. The Bertz CT molecular complexity index is 1980. The van der Waals surface area contributed by atoms with Crippen LogP contribution in [0.5, 0.6) is 5.75 Å². The number of allylic oxidation sites excluding steroid dienone is 3. The molecule has 70 heavy (non-hydrogen) atoms. The number of aliphatic hydroxyl groups is 1. The summed E-state index contributed by atoms with van der Waals surface area (Å²) in [6.07, 6.45) is -4.04. The summed E-state index contributed by atoms with van der Waals surface area (Å²) in [6.45, 7) is 9.72. The molecule has 0 heterocycles. The highest BCUT2D eigenvalue weighted by Crippen LogP contribution is 2.64. The lowest BCUT2D eigenvalue weighted by atomic mass is 9.88. The first-order valence-electron chi connectivity index (χ1n) is 20.9. The van der Waals surface area contributed by atoms with Gasteiger partial charge >= 0.3 is 53.6 Å². The van der Waals surface area contributed by atoms with Crippen molar-refractivity contribution in [2.75, 3.05) is 40.3 Å². The van der Waals surface area contributed by atoms with Gasteiger partial charge in [-0.1, -0.05) is 64.5 Å². The minimum atomic E-state index is -8.72. The Hall–Kier alpha value is -4.37. The molecule has 0 bridgehead atoms. The van der Waals surface area contributed by atoms with Gasteiger partial charge in [0.1, 0.15) is 11.5 Å². The smallest absolute Gasteiger partial charge is 0.460 e. The van der Waals surface area contributed by atoms with Crippen molar-refractivity contribution in [3.63, 3.8) is 0 Å². The summed E-state index contributed by atoms with van der Waals surface area (Å²) >= 11 is 0. The Morgan fingerprint density at radius 1 is 0.743 bits per heavy atom. The van der Waals surface area contributed by atoms with Crippen LogP contribution in [0.25, 0.3) is 6.08 Å². The fourth-order valence-electron chi connectivity index (χ4n) is 6.41. The van der Waals surface area contributed by atoms with Crippen LogP contribution in [0.15, 0.2) is 65.6 Å². The zero-order chi connectivity index (χ0) is 54.5. The third kappa shape index (κ3) is 14.2. The second-order valence-electron chi connectivity index (χ2n) is 16.2. The Morgan fingerprint density at radius 2 is 1.26 bits per heavy atom. The Balaban J connectivity index is 3.39. The summed E-state index contributed by atoms with van der Waals surface area (Å²) in [4.78, 5) is 25.7. The van der Waals surface area contributed by atoms with E-state index in [4.69, 9.17) is 23.4 Å². The van der Waals surface area contributed by atoms with Crippen molar-refractivity contribution in [2.45, 2.75) is 126 Å². The lowest BCUT2D eigenvalue weighted by Crippen LogP contribution is -2.74. The molecular weight excluding hydrogens is 1010 g/mol. The second-order valence-corrected chi connectivity index (χ2v) is 21.2. The first-order chi connectivity index (χ1) is 31.8. The van der Waals surface area contributed by atoms with Gasteiger partial charge in [-0.05, 0) is 73.2 Å². The summed E-state index contributed by atoms with van der Waals surface area (Å²) in [7, 11) is -2.55. The second kappa shape index (κ2) is 24.8. The zero-order valence-electron chi connectivity index (χ0n) is 38.8. The molecule has 0 spiro atoms. The van der Waals surface area contributed by atoms with Crippen molar-refractivity contribution >= 4 is 26.3 Å². The van der Waals surface area contributed by atoms with Gasteiger partial charge in [0.05, 0.1) is 19.8 Å². The van der Waals surface area contributed by atoms with Gasteiger partial charge < -0.3 is 33.8 Å². The molecule has 0 saturated carbocycles. The monoisotopic (exact) mass is 1060 g/mol. The summed E-state index contributed by atoms with van der Waals surface area (Å²) in [6, 6.07) is 5.13. The molecule has 1 aromatic rings. The number of halogens is 17. The van der Waals surface area contributed by atoms with Crippen molar-refractivity contribution in [3.8, 4) is 5.75 Å². The maximum absolute atomic E-state index is 15.1. The first kappa shape index (κ1) is 63.6. The van der Waals surface area contributed by atoms with Gasteiger partial charge in [-0.15, -0.1) is 0 Å². The molecule has 0 radical (unpaired) electrons. The fraction of sp³-hybridized carbons (Fsp3) is 0.628. The topological polar surface area (TPSA) is 113 Å². The average Bonchev–Trinajstić information content (AvgIpc) is 3.24. The van der Waals surface area contributed by atoms with Crippen LogP contribution in [0.2, 0.25) is 17.1 Å². The van der Waals surface area contributed by atoms with E-state index in [0.29, 0.717) is 24.5 Å². The van der Waals surface area contributed by atoms with Gasteiger partial charge in [0.15, 0.2) is 20.7 Å². The number of hydrogen-bond acceptors (Lipinski definition) is 8. The van der Waals surface area contributed by atoms with Crippen LogP contribution in [-0.2, 0) is 28.2 Å². The number of nitrogens with one attached hydrogen (secondary N) is 1. The van der Waals surface area contributed by atoms with E-state index in [1.165, 1.54) is 73.1 Å². The predicted octanol–water partition coefficient (Wildman–Crippen LogP) is 12.9.